The molecule has 1 aliphatic heterocycles. The van der Waals surface area contributed by atoms with Crippen molar-refractivity contribution in [3.63, 3.8) is 0 Å². The van der Waals surface area contributed by atoms with Gasteiger partial charge in [0.1, 0.15) is 0 Å². The summed E-state index contributed by atoms with van der Waals surface area (Å²) in [5, 5.41) is 12.0. The van der Waals surface area contributed by atoms with Crippen LogP contribution in [0.3, 0.4) is 0 Å². The van der Waals surface area contributed by atoms with Crippen LogP contribution < -0.4 is 5.32 Å². The Morgan fingerprint density at radius 2 is 2.19 bits per heavy atom. The van der Waals surface area contributed by atoms with E-state index in [1.54, 1.807) is 0 Å². The van der Waals surface area contributed by atoms with Gasteiger partial charge in [0.05, 0.1) is 12.4 Å². The highest BCUT2D eigenvalue weighted by Crippen LogP contribution is 2.11. The molecular weight excluding hydrogens is 228 g/mol. The summed E-state index contributed by atoms with van der Waals surface area (Å²) < 4.78 is 25.5. The highest BCUT2D eigenvalue weighted by atomic mass is 32.2. The zero-order chi connectivity index (χ0) is 12.0. The molecule has 16 heavy (non-hydrogen) atoms. The fourth-order valence-electron chi connectivity index (χ4n) is 2.01. The van der Waals surface area contributed by atoms with Gasteiger partial charge in [0.25, 0.3) is 0 Å². The van der Waals surface area contributed by atoms with Crippen molar-refractivity contribution in [1.82, 2.24) is 9.62 Å². The molecule has 0 amide bonds. The Hall–Kier alpha value is -0.170. The Morgan fingerprint density at radius 3 is 2.69 bits per heavy atom. The Morgan fingerprint density at radius 1 is 1.44 bits per heavy atom. The number of hydrogen-bond donors (Lipinski definition) is 2. The van der Waals surface area contributed by atoms with Crippen molar-refractivity contribution in [2.75, 3.05) is 32.0 Å². The van der Waals surface area contributed by atoms with E-state index in [9.17, 15) is 8.42 Å². The van der Waals surface area contributed by atoms with Crippen molar-refractivity contribution in [3.8, 4) is 0 Å². The first-order valence-corrected chi connectivity index (χ1v) is 7.53. The van der Waals surface area contributed by atoms with Crippen molar-refractivity contribution < 1.29 is 13.5 Å². The van der Waals surface area contributed by atoms with Crippen molar-refractivity contribution in [2.24, 2.45) is 0 Å². The summed E-state index contributed by atoms with van der Waals surface area (Å²) in [6.07, 6.45) is 2.75. The number of nitrogens with zero attached hydrogens (tertiary/aromatic N) is 1. The van der Waals surface area contributed by atoms with E-state index in [1.165, 1.54) is 4.31 Å². The van der Waals surface area contributed by atoms with Gasteiger partial charge < -0.3 is 10.4 Å². The fraction of sp³-hybridized carbons (Fsp3) is 1.00. The highest BCUT2D eigenvalue weighted by Gasteiger charge is 2.26. The number of nitrogens with one attached hydrogen (secondary N) is 1. The second-order valence-corrected chi connectivity index (χ2v) is 6.21. The topological polar surface area (TPSA) is 69.6 Å². The van der Waals surface area contributed by atoms with Crippen LogP contribution in [0.15, 0.2) is 0 Å². The van der Waals surface area contributed by atoms with Gasteiger partial charge >= 0.3 is 0 Å². The molecule has 2 N–H and O–H groups in total. The standard InChI is InChI=1S/C10H22N2O3S/c1-2-6-12(7-8-13)16(14,15)9-10-4-3-5-11-10/h10-11,13H,2-9H2,1H3. The Kier molecular flexibility index (Phi) is 5.68. The zero-order valence-electron chi connectivity index (χ0n) is 9.85. The molecule has 5 nitrogen and oxygen atoms in total. The first kappa shape index (κ1) is 13.9. The first-order valence-electron chi connectivity index (χ1n) is 5.92. The van der Waals surface area contributed by atoms with Gasteiger partial charge in [-0.15, -0.1) is 0 Å². The van der Waals surface area contributed by atoms with E-state index in [0.717, 1.165) is 25.8 Å². The normalized spacial score (nSPS) is 21.8. The lowest BCUT2D eigenvalue weighted by Crippen LogP contribution is -2.41. The van der Waals surface area contributed by atoms with Gasteiger partial charge in [-0.05, 0) is 25.8 Å². The third kappa shape index (κ3) is 4.01. The van der Waals surface area contributed by atoms with E-state index in [2.05, 4.69) is 5.32 Å². The molecule has 1 fully saturated rings. The monoisotopic (exact) mass is 250 g/mol. The van der Waals surface area contributed by atoms with E-state index >= 15 is 0 Å². The Labute approximate surface area is 97.9 Å². The smallest absolute Gasteiger partial charge is 0.215 e. The summed E-state index contributed by atoms with van der Waals surface area (Å²) in [6, 6.07) is 0.0862. The van der Waals surface area contributed by atoms with Crippen LogP contribution >= 0.6 is 0 Å². The van der Waals surface area contributed by atoms with Gasteiger partial charge in [-0.1, -0.05) is 6.92 Å². The summed E-state index contributed by atoms with van der Waals surface area (Å²) in [7, 11) is -3.22. The highest BCUT2D eigenvalue weighted by molar-refractivity contribution is 7.89. The maximum Gasteiger partial charge on any atom is 0.215 e. The maximum absolute atomic E-state index is 12.0. The molecule has 0 spiro atoms. The lowest BCUT2D eigenvalue weighted by molar-refractivity contribution is 0.253. The number of aliphatic hydroxyl groups excluding tert-OH is 1. The number of rotatable bonds is 7. The van der Waals surface area contributed by atoms with Crippen molar-refractivity contribution >= 4 is 10.0 Å². The minimum absolute atomic E-state index is 0.0862. The minimum atomic E-state index is -3.22. The quantitative estimate of drug-likeness (QED) is 0.655. The molecule has 1 rings (SSSR count). The summed E-state index contributed by atoms with van der Waals surface area (Å²) in [6.45, 7) is 3.44. The molecule has 1 heterocycles. The van der Waals surface area contributed by atoms with Crippen LogP contribution in [0.5, 0.6) is 0 Å². The summed E-state index contributed by atoms with van der Waals surface area (Å²) >= 11 is 0. The van der Waals surface area contributed by atoms with Gasteiger partial charge in [0.2, 0.25) is 10.0 Å². The van der Waals surface area contributed by atoms with Crippen molar-refractivity contribution in [3.05, 3.63) is 0 Å². The molecule has 0 bridgehead atoms. The molecule has 0 radical (unpaired) electrons. The third-order valence-electron chi connectivity index (χ3n) is 2.79. The molecule has 0 aromatic heterocycles. The van der Waals surface area contributed by atoms with Gasteiger partial charge in [0, 0.05) is 19.1 Å². The third-order valence-corrected chi connectivity index (χ3v) is 4.77. The van der Waals surface area contributed by atoms with Crippen LogP contribution in [0.2, 0.25) is 0 Å². The van der Waals surface area contributed by atoms with E-state index < -0.39 is 10.0 Å². The Balaban J connectivity index is 2.57. The number of aliphatic hydroxyl groups is 1. The average Bonchev–Trinajstić information content (AvgIpc) is 2.69. The van der Waals surface area contributed by atoms with Gasteiger partial charge in [-0.3, -0.25) is 0 Å². The predicted molar refractivity (Wildman–Crippen MR) is 63.8 cm³/mol. The largest absolute Gasteiger partial charge is 0.395 e. The van der Waals surface area contributed by atoms with Crippen LogP contribution in [-0.2, 0) is 10.0 Å². The molecule has 0 saturated carbocycles. The van der Waals surface area contributed by atoms with E-state index in [-0.39, 0.29) is 24.9 Å². The lowest BCUT2D eigenvalue weighted by Gasteiger charge is -2.22. The Bertz CT molecular complexity index is 280. The second kappa shape index (κ2) is 6.54. The molecule has 0 aromatic carbocycles. The predicted octanol–water partition coefficient (Wildman–Crippen LogP) is -0.227. The van der Waals surface area contributed by atoms with Crippen LogP contribution in [-0.4, -0.2) is 55.9 Å². The average molecular weight is 250 g/mol. The summed E-state index contributed by atoms with van der Waals surface area (Å²) in [5.74, 6) is 0.160. The van der Waals surface area contributed by atoms with Crippen molar-refractivity contribution in [1.29, 1.82) is 0 Å². The van der Waals surface area contributed by atoms with E-state index in [1.807, 2.05) is 6.92 Å². The molecule has 1 atom stereocenters. The summed E-state index contributed by atoms with van der Waals surface area (Å²) in [5.41, 5.74) is 0. The summed E-state index contributed by atoms with van der Waals surface area (Å²) in [4.78, 5) is 0. The lowest BCUT2D eigenvalue weighted by atomic mass is 10.3. The van der Waals surface area contributed by atoms with Crippen LogP contribution in [0.4, 0.5) is 0 Å². The SMILES string of the molecule is CCCN(CCO)S(=O)(=O)CC1CCCN1. The van der Waals surface area contributed by atoms with Gasteiger partial charge in [-0.25, -0.2) is 8.42 Å². The molecule has 1 saturated heterocycles. The minimum Gasteiger partial charge on any atom is -0.395 e. The molecule has 1 aliphatic rings. The number of sulfonamides is 1. The molecule has 1 unspecified atom stereocenters. The van der Waals surface area contributed by atoms with Crippen LogP contribution in [0, 0.1) is 0 Å². The van der Waals surface area contributed by atoms with Crippen molar-refractivity contribution in [2.45, 2.75) is 32.2 Å². The van der Waals surface area contributed by atoms with Gasteiger partial charge in [-0.2, -0.15) is 4.31 Å². The fourth-order valence-corrected chi connectivity index (χ4v) is 3.83. The molecule has 0 aliphatic carbocycles. The maximum atomic E-state index is 12.0. The molecule has 0 aromatic rings. The first-order chi connectivity index (χ1) is 7.60. The number of hydrogen-bond acceptors (Lipinski definition) is 4. The van der Waals surface area contributed by atoms with E-state index in [4.69, 9.17) is 5.11 Å². The van der Waals surface area contributed by atoms with E-state index in [0.29, 0.717) is 6.54 Å². The second-order valence-electron chi connectivity index (χ2n) is 4.19. The van der Waals surface area contributed by atoms with Crippen LogP contribution in [0.25, 0.3) is 0 Å². The van der Waals surface area contributed by atoms with Gasteiger partial charge in [0.15, 0.2) is 0 Å². The van der Waals surface area contributed by atoms with Crippen LogP contribution in [0.1, 0.15) is 26.2 Å². The molecule has 96 valence electrons. The zero-order valence-corrected chi connectivity index (χ0v) is 10.7. The molecule has 6 heteroatoms. The molecular formula is C10H22N2O3S.